The van der Waals surface area contributed by atoms with Crippen molar-refractivity contribution in [3.63, 3.8) is 0 Å². The van der Waals surface area contributed by atoms with E-state index in [9.17, 15) is 4.79 Å². The number of pyridine rings is 1. The molecule has 17 heavy (non-hydrogen) atoms. The Balaban J connectivity index is 2.53. The van der Waals surface area contributed by atoms with Gasteiger partial charge in [0.2, 0.25) is 0 Å². The highest BCUT2D eigenvalue weighted by Gasteiger charge is 2.17. The van der Waals surface area contributed by atoms with Crippen LogP contribution in [0.4, 0.5) is 0 Å². The Labute approximate surface area is 96.8 Å². The van der Waals surface area contributed by atoms with Gasteiger partial charge in [-0.2, -0.15) is 10.4 Å². The van der Waals surface area contributed by atoms with Crippen LogP contribution in [-0.4, -0.2) is 25.8 Å². The predicted molar refractivity (Wildman–Crippen MR) is 58.0 cm³/mol. The summed E-state index contributed by atoms with van der Waals surface area (Å²) in [5.41, 5.74) is 0.786. The van der Waals surface area contributed by atoms with Gasteiger partial charge < -0.3 is 5.11 Å². The second-order valence-corrected chi connectivity index (χ2v) is 3.27. The van der Waals surface area contributed by atoms with Gasteiger partial charge in [-0.1, -0.05) is 6.07 Å². The lowest BCUT2D eigenvalue weighted by Gasteiger charge is -1.96. The van der Waals surface area contributed by atoms with E-state index in [1.807, 2.05) is 6.07 Å². The minimum absolute atomic E-state index is 0.00706. The van der Waals surface area contributed by atoms with E-state index in [-0.39, 0.29) is 17.8 Å². The van der Waals surface area contributed by atoms with Crippen molar-refractivity contribution in [1.82, 2.24) is 14.8 Å². The van der Waals surface area contributed by atoms with Gasteiger partial charge in [0.25, 0.3) is 0 Å². The summed E-state index contributed by atoms with van der Waals surface area (Å²) in [5, 5.41) is 21.6. The summed E-state index contributed by atoms with van der Waals surface area (Å²) < 4.78 is 1.29. The Morgan fingerprint density at radius 1 is 1.53 bits per heavy atom. The first-order valence-electron chi connectivity index (χ1n) is 4.81. The molecule has 0 aromatic carbocycles. The van der Waals surface area contributed by atoms with Crippen molar-refractivity contribution in [3.8, 4) is 17.5 Å². The average Bonchev–Trinajstić information content (AvgIpc) is 2.75. The first kappa shape index (κ1) is 10.8. The number of carboxylic acids is 1. The van der Waals surface area contributed by atoms with E-state index in [4.69, 9.17) is 10.4 Å². The molecule has 0 aliphatic heterocycles. The van der Waals surface area contributed by atoms with Gasteiger partial charge in [-0.05, 0) is 12.1 Å². The molecule has 0 unspecified atom stereocenters. The van der Waals surface area contributed by atoms with Crippen molar-refractivity contribution in [2.24, 2.45) is 0 Å². The number of carbonyl (C=O) groups is 1. The van der Waals surface area contributed by atoms with Gasteiger partial charge in [0, 0.05) is 12.4 Å². The predicted octanol–water partition coefficient (Wildman–Crippen LogP) is 1.17. The molecule has 2 aromatic heterocycles. The highest BCUT2D eigenvalue weighted by molar-refractivity contribution is 5.94. The third-order valence-corrected chi connectivity index (χ3v) is 2.13. The molecule has 0 bridgehead atoms. The molecule has 0 atom stereocenters. The first-order valence-corrected chi connectivity index (χ1v) is 4.81. The fraction of sp³-hybridized carbons (Fsp3) is 0.0909. The van der Waals surface area contributed by atoms with Crippen molar-refractivity contribution >= 4 is 5.97 Å². The summed E-state index contributed by atoms with van der Waals surface area (Å²) in [6.45, 7) is 0.00706. The molecular formula is C11H8N4O2. The highest BCUT2D eigenvalue weighted by Crippen LogP contribution is 2.19. The first-order chi connectivity index (χ1) is 8.22. The van der Waals surface area contributed by atoms with Gasteiger partial charge >= 0.3 is 5.97 Å². The minimum atomic E-state index is -1.09. The molecule has 2 heterocycles. The summed E-state index contributed by atoms with van der Waals surface area (Å²) in [6.07, 6.45) is 2.89. The Kier molecular flexibility index (Phi) is 2.83. The smallest absolute Gasteiger partial charge is 0.339 e. The number of aromatic nitrogens is 3. The number of hydrogen-bond donors (Lipinski definition) is 1. The molecule has 84 valence electrons. The molecule has 0 saturated carbocycles. The molecule has 0 radical (unpaired) electrons. The maximum Gasteiger partial charge on any atom is 0.339 e. The van der Waals surface area contributed by atoms with Crippen LogP contribution in [0.2, 0.25) is 0 Å². The van der Waals surface area contributed by atoms with Crippen LogP contribution in [0.25, 0.3) is 11.4 Å². The molecule has 0 amide bonds. The molecule has 6 nitrogen and oxygen atoms in total. The summed E-state index contributed by atoms with van der Waals surface area (Å²) in [6, 6.07) is 7.05. The number of nitriles is 1. The van der Waals surface area contributed by atoms with Crippen LogP contribution in [0, 0.1) is 11.3 Å². The third kappa shape index (κ3) is 2.13. The largest absolute Gasteiger partial charge is 0.478 e. The number of nitrogens with zero attached hydrogens (tertiary/aromatic N) is 4. The maximum atomic E-state index is 11.0. The molecule has 2 aromatic rings. The van der Waals surface area contributed by atoms with Crippen LogP contribution in [0.3, 0.4) is 0 Å². The van der Waals surface area contributed by atoms with Crippen LogP contribution in [-0.2, 0) is 6.54 Å². The Morgan fingerprint density at radius 3 is 2.94 bits per heavy atom. The van der Waals surface area contributed by atoms with Crippen LogP contribution in [0.5, 0.6) is 0 Å². The van der Waals surface area contributed by atoms with Crippen molar-refractivity contribution in [3.05, 3.63) is 36.2 Å². The number of carboxylic acid groups (broad SMARTS) is 1. The number of aromatic carboxylic acids is 1. The van der Waals surface area contributed by atoms with E-state index in [1.54, 1.807) is 24.4 Å². The van der Waals surface area contributed by atoms with E-state index >= 15 is 0 Å². The zero-order chi connectivity index (χ0) is 12.3. The van der Waals surface area contributed by atoms with Crippen molar-refractivity contribution in [2.45, 2.75) is 6.54 Å². The van der Waals surface area contributed by atoms with E-state index in [2.05, 4.69) is 10.1 Å². The maximum absolute atomic E-state index is 11.0. The number of hydrogen-bond acceptors (Lipinski definition) is 4. The zero-order valence-electron chi connectivity index (χ0n) is 8.74. The standard InChI is InChI=1S/C11H8N4O2/c12-4-6-15-7-8(11(16)17)10(14-15)9-3-1-2-5-13-9/h1-3,5,7H,6H2,(H,16,17). The molecule has 0 fully saturated rings. The van der Waals surface area contributed by atoms with Crippen LogP contribution in [0.1, 0.15) is 10.4 Å². The van der Waals surface area contributed by atoms with Gasteiger partial charge in [0.1, 0.15) is 17.8 Å². The second kappa shape index (κ2) is 4.45. The topological polar surface area (TPSA) is 91.8 Å². The van der Waals surface area contributed by atoms with Crippen LogP contribution in [0.15, 0.2) is 30.6 Å². The quantitative estimate of drug-likeness (QED) is 0.851. The lowest BCUT2D eigenvalue weighted by molar-refractivity contribution is 0.0697. The SMILES string of the molecule is N#CCn1cc(C(=O)O)c(-c2ccccn2)n1. The Bertz CT molecular complexity index is 583. The van der Waals surface area contributed by atoms with Gasteiger partial charge in [-0.3, -0.25) is 9.67 Å². The molecular weight excluding hydrogens is 220 g/mol. The Hall–Kier alpha value is -2.68. The lowest BCUT2D eigenvalue weighted by atomic mass is 10.2. The molecule has 1 N–H and O–H groups in total. The highest BCUT2D eigenvalue weighted by atomic mass is 16.4. The summed E-state index contributed by atoms with van der Waals surface area (Å²) in [4.78, 5) is 15.1. The van der Waals surface area contributed by atoms with E-state index < -0.39 is 5.97 Å². The summed E-state index contributed by atoms with van der Waals surface area (Å²) in [7, 11) is 0. The van der Waals surface area contributed by atoms with Crippen molar-refractivity contribution in [1.29, 1.82) is 5.26 Å². The van der Waals surface area contributed by atoms with E-state index in [0.717, 1.165) is 0 Å². The van der Waals surface area contributed by atoms with Gasteiger partial charge in [0.15, 0.2) is 0 Å². The van der Waals surface area contributed by atoms with E-state index in [0.29, 0.717) is 5.69 Å². The van der Waals surface area contributed by atoms with Gasteiger partial charge in [0.05, 0.1) is 11.8 Å². The summed E-state index contributed by atoms with van der Waals surface area (Å²) >= 11 is 0. The molecule has 2 rings (SSSR count). The van der Waals surface area contributed by atoms with Crippen LogP contribution < -0.4 is 0 Å². The average molecular weight is 228 g/mol. The monoisotopic (exact) mass is 228 g/mol. The molecule has 0 aliphatic carbocycles. The second-order valence-electron chi connectivity index (χ2n) is 3.27. The summed E-state index contributed by atoms with van der Waals surface area (Å²) in [5.74, 6) is -1.09. The van der Waals surface area contributed by atoms with Crippen LogP contribution >= 0.6 is 0 Å². The number of rotatable bonds is 3. The van der Waals surface area contributed by atoms with Gasteiger partial charge in [-0.25, -0.2) is 4.79 Å². The Morgan fingerprint density at radius 2 is 2.35 bits per heavy atom. The molecule has 0 saturated heterocycles. The third-order valence-electron chi connectivity index (χ3n) is 2.13. The zero-order valence-corrected chi connectivity index (χ0v) is 8.74. The van der Waals surface area contributed by atoms with Gasteiger partial charge in [-0.15, -0.1) is 0 Å². The fourth-order valence-corrected chi connectivity index (χ4v) is 1.42. The molecule has 6 heteroatoms. The normalized spacial score (nSPS) is 9.82. The van der Waals surface area contributed by atoms with E-state index in [1.165, 1.54) is 10.9 Å². The molecule has 0 spiro atoms. The van der Waals surface area contributed by atoms with Crippen molar-refractivity contribution < 1.29 is 9.90 Å². The van der Waals surface area contributed by atoms with Crippen molar-refractivity contribution in [2.75, 3.05) is 0 Å². The fourth-order valence-electron chi connectivity index (χ4n) is 1.42. The molecule has 0 aliphatic rings. The lowest BCUT2D eigenvalue weighted by Crippen LogP contribution is -1.97. The minimum Gasteiger partial charge on any atom is -0.478 e.